The molecule has 4 rings (SSSR count). The van der Waals surface area contributed by atoms with Gasteiger partial charge >= 0.3 is 0 Å². The van der Waals surface area contributed by atoms with E-state index in [-0.39, 0.29) is 11.7 Å². The number of rotatable bonds is 7. The summed E-state index contributed by atoms with van der Waals surface area (Å²) in [4.78, 5) is 17.6. The van der Waals surface area contributed by atoms with Crippen LogP contribution >= 0.6 is 0 Å². The lowest BCUT2D eigenvalue weighted by molar-refractivity contribution is 0.102. The highest BCUT2D eigenvalue weighted by molar-refractivity contribution is 6.06. The first kappa shape index (κ1) is 22.8. The Morgan fingerprint density at radius 3 is 2.03 bits per heavy atom. The Balaban J connectivity index is 1.67. The van der Waals surface area contributed by atoms with Crippen LogP contribution < -0.4 is 24.3 Å². The van der Waals surface area contributed by atoms with E-state index in [9.17, 15) is 9.18 Å². The highest BCUT2D eigenvalue weighted by atomic mass is 19.1. The molecule has 0 fully saturated rings. The van der Waals surface area contributed by atoms with Gasteiger partial charge in [-0.2, -0.15) is 0 Å². The van der Waals surface area contributed by atoms with Crippen molar-refractivity contribution in [3.05, 3.63) is 72.0 Å². The van der Waals surface area contributed by atoms with Crippen LogP contribution in [0.15, 0.2) is 60.7 Å². The molecule has 0 aliphatic heterocycles. The molecule has 1 amide bonds. The van der Waals surface area contributed by atoms with Gasteiger partial charge in [0.15, 0.2) is 11.5 Å². The normalized spacial score (nSPS) is 10.6. The smallest absolute Gasteiger partial charge is 0.255 e. The molecule has 174 valence electrons. The number of fused-ring (bicyclic) bond motifs is 1. The number of pyridine rings is 1. The fourth-order valence-corrected chi connectivity index (χ4v) is 3.63. The maximum Gasteiger partial charge on any atom is 0.255 e. The number of carbonyl (C=O) groups is 1. The average Bonchev–Trinajstić information content (AvgIpc) is 2.87. The van der Waals surface area contributed by atoms with Gasteiger partial charge in [-0.15, -0.1) is 0 Å². The summed E-state index contributed by atoms with van der Waals surface area (Å²) in [5, 5.41) is 3.60. The molecular weight excluding hydrogens is 439 g/mol. The van der Waals surface area contributed by atoms with Gasteiger partial charge in [-0.3, -0.25) is 4.79 Å². The van der Waals surface area contributed by atoms with Gasteiger partial charge in [-0.05, 0) is 54.6 Å². The van der Waals surface area contributed by atoms with Gasteiger partial charge in [0.25, 0.3) is 5.91 Å². The third kappa shape index (κ3) is 4.43. The van der Waals surface area contributed by atoms with Gasteiger partial charge in [0.1, 0.15) is 11.6 Å². The second-order valence-corrected chi connectivity index (χ2v) is 7.32. The summed E-state index contributed by atoms with van der Waals surface area (Å²) in [6.45, 7) is 0. The minimum atomic E-state index is -0.353. The highest BCUT2D eigenvalue weighted by Gasteiger charge is 2.18. The van der Waals surface area contributed by atoms with E-state index in [1.807, 2.05) is 0 Å². The molecule has 1 heterocycles. The number of ether oxygens (including phenoxy) is 4. The number of hydrogen-bond donors (Lipinski definition) is 1. The molecule has 3 aromatic carbocycles. The highest BCUT2D eigenvalue weighted by Crippen LogP contribution is 2.38. The number of anilines is 1. The standard InChI is InChI=1S/C26H23FN2O5/c1-31-22-14-21(15-5-7-17(27)8-6-15)29-20-10-9-18(13-19(20)22)28-26(30)16-11-23(32-2)25(34-4)24(12-16)33-3/h5-14H,1-4H3,(H,28,30). The van der Waals surface area contributed by atoms with Crippen LogP contribution in [0.1, 0.15) is 10.4 Å². The van der Waals surface area contributed by atoms with Gasteiger partial charge in [-0.25, -0.2) is 9.37 Å². The topological polar surface area (TPSA) is 78.9 Å². The first-order valence-corrected chi connectivity index (χ1v) is 10.3. The summed E-state index contributed by atoms with van der Waals surface area (Å²) in [5.41, 5.74) is 2.98. The van der Waals surface area contributed by atoms with E-state index in [1.54, 1.807) is 55.6 Å². The summed E-state index contributed by atoms with van der Waals surface area (Å²) < 4.78 is 34.8. The largest absolute Gasteiger partial charge is 0.496 e. The molecular formula is C26H23FN2O5. The molecule has 0 saturated carbocycles. The predicted octanol–water partition coefficient (Wildman–Crippen LogP) is 5.33. The van der Waals surface area contributed by atoms with Crippen molar-refractivity contribution in [2.75, 3.05) is 33.8 Å². The number of nitrogens with one attached hydrogen (secondary N) is 1. The lowest BCUT2D eigenvalue weighted by atomic mass is 10.1. The molecule has 34 heavy (non-hydrogen) atoms. The van der Waals surface area contributed by atoms with Crippen LogP contribution in [-0.2, 0) is 0 Å². The fourth-order valence-electron chi connectivity index (χ4n) is 3.63. The van der Waals surface area contributed by atoms with E-state index >= 15 is 0 Å². The first-order chi connectivity index (χ1) is 16.5. The van der Waals surface area contributed by atoms with Gasteiger partial charge in [0.2, 0.25) is 5.75 Å². The Morgan fingerprint density at radius 2 is 1.44 bits per heavy atom. The van der Waals surface area contributed by atoms with Crippen LogP contribution in [0.2, 0.25) is 0 Å². The molecule has 0 aliphatic carbocycles. The molecule has 0 aliphatic rings. The second-order valence-electron chi connectivity index (χ2n) is 7.32. The van der Waals surface area contributed by atoms with Crippen molar-refractivity contribution >= 4 is 22.5 Å². The van der Waals surface area contributed by atoms with Gasteiger partial charge in [0.05, 0.1) is 39.6 Å². The predicted molar refractivity (Wildman–Crippen MR) is 128 cm³/mol. The third-order valence-electron chi connectivity index (χ3n) is 5.32. The number of nitrogens with zero attached hydrogens (tertiary/aromatic N) is 1. The van der Waals surface area contributed by atoms with Crippen molar-refractivity contribution < 1.29 is 28.1 Å². The van der Waals surface area contributed by atoms with Crippen LogP contribution in [-0.4, -0.2) is 39.3 Å². The van der Waals surface area contributed by atoms with Crippen LogP contribution in [0.5, 0.6) is 23.0 Å². The van der Waals surface area contributed by atoms with E-state index in [1.165, 1.54) is 33.5 Å². The molecule has 0 atom stereocenters. The number of hydrogen-bond acceptors (Lipinski definition) is 6. The summed E-state index contributed by atoms with van der Waals surface area (Å²) in [6.07, 6.45) is 0. The van der Waals surface area contributed by atoms with E-state index in [2.05, 4.69) is 10.3 Å². The minimum Gasteiger partial charge on any atom is -0.496 e. The summed E-state index contributed by atoms with van der Waals surface area (Å²) >= 11 is 0. The lowest BCUT2D eigenvalue weighted by Crippen LogP contribution is -2.12. The van der Waals surface area contributed by atoms with Crippen molar-refractivity contribution in [2.45, 2.75) is 0 Å². The molecule has 4 aromatic rings. The summed E-state index contributed by atoms with van der Waals surface area (Å²) in [6, 6.07) is 16.3. The maximum atomic E-state index is 13.3. The van der Waals surface area contributed by atoms with Crippen LogP contribution in [0.4, 0.5) is 10.1 Å². The zero-order valence-corrected chi connectivity index (χ0v) is 19.1. The third-order valence-corrected chi connectivity index (χ3v) is 5.32. The molecule has 0 unspecified atom stereocenters. The first-order valence-electron chi connectivity index (χ1n) is 10.3. The van der Waals surface area contributed by atoms with E-state index < -0.39 is 0 Å². The average molecular weight is 462 g/mol. The number of halogens is 1. The molecule has 0 saturated heterocycles. The Morgan fingerprint density at radius 1 is 0.794 bits per heavy atom. The quantitative estimate of drug-likeness (QED) is 0.400. The van der Waals surface area contributed by atoms with Crippen LogP contribution in [0.3, 0.4) is 0 Å². The summed E-state index contributed by atoms with van der Waals surface area (Å²) in [5.74, 6) is 1.07. The van der Waals surface area contributed by atoms with Gasteiger partial charge in [-0.1, -0.05) is 0 Å². The molecule has 0 radical (unpaired) electrons. The zero-order valence-electron chi connectivity index (χ0n) is 19.1. The Kier molecular flexibility index (Phi) is 6.49. The number of methoxy groups -OCH3 is 4. The van der Waals surface area contributed by atoms with E-state index in [0.717, 1.165) is 10.9 Å². The van der Waals surface area contributed by atoms with Gasteiger partial charge < -0.3 is 24.3 Å². The lowest BCUT2D eigenvalue weighted by Gasteiger charge is -2.14. The minimum absolute atomic E-state index is 0.316. The van der Waals surface area contributed by atoms with E-state index in [4.69, 9.17) is 18.9 Å². The fraction of sp³-hybridized carbons (Fsp3) is 0.154. The molecule has 0 spiro atoms. The Hall–Kier alpha value is -4.33. The van der Waals surface area contributed by atoms with Crippen LogP contribution in [0, 0.1) is 5.82 Å². The van der Waals surface area contributed by atoms with Crippen molar-refractivity contribution in [3.63, 3.8) is 0 Å². The van der Waals surface area contributed by atoms with Crippen molar-refractivity contribution in [3.8, 4) is 34.3 Å². The molecule has 1 aromatic heterocycles. The van der Waals surface area contributed by atoms with Crippen molar-refractivity contribution in [1.82, 2.24) is 4.98 Å². The summed E-state index contributed by atoms with van der Waals surface area (Å²) in [7, 11) is 6.03. The second kappa shape index (κ2) is 9.66. The Labute approximate surface area is 196 Å². The zero-order chi connectivity index (χ0) is 24.2. The number of benzene rings is 3. The molecule has 0 bridgehead atoms. The molecule has 7 nitrogen and oxygen atoms in total. The van der Waals surface area contributed by atoms with Crippen LogP contribution in [0.25, 0.3) is 22.2 Å². The molecule has 8 heteroatoms. The maximum absolute atomic E-state index is 13.3. The number of aromatic nitrogens is 1. The SMILES string of the molecule is COc1cc(C(=O)Nc2ccc3nc(-c4ccc(F)cc4)cc(OC)c3c2)cc(OC)c1OC. The van der Waals surface area contributed by atoms with Crippen molar-refractivity contribution in [1.29, 1.82) is 0 Å². The number of amides is 1. The number of carbonyl (C=O) groups excluding carboxylic acids is 1. The van der Waals surface area contributed by atoms with Crippen molar-refractivity contribution in [2.24, 2.45) is 0 Å². The van der Waals surface area contributed by atoms with Gasteiger partial charge in [0, 0.05) is 28.3 Å². The Bertz CT molecular complexity index is 1330. The van der Waals surface area contributed by atoms with E-state index in [0.29, 0.717) is 45.5 Å². The monoisotopic (exact) mass is 462 g/mol. The molecule has 1 N–H and O–H groups in total.